The highest BCUT2D eigenvalue weighted by atomic mass is 79.9. The molecule has 1 atom stereocenters. The highest BCUT2D eigenvalue weighted by Gasteiger charge is 2.32. The number of nitrogens with one attached hydrogen (secondary N) is 2. The van der Waals surface area contributed by atoms with Crippen molar-refractivity contribution >= 4 is 88.2 Å². The second-order valence-corrected chi connectivity index (χ2v) is 9.65. The van der Waals surface area contributed by atoms with Crippen molar-refractivity contribution in [1.82, 2.24) is 5.32 Å². The van der Waals surface area contributed by atoms with E-state index in [4.69, 9.17) is 17.0 Å². The number of hydrogen-bond donors (Lipinski definition) is 2. The summed E-state index contributed by atoms with van der Waals surface area (Å²) in [4.78, 5) is 26.7. The molecule has 0 unspecified atom stereocenters. The monoisotopic (exact) mass is 621 g/mol. The van der Waals surface area contributed by atoms with Gasteiger partial charge in [-0.1, -0.05) is 28.1 Å². The van der Waals surface area contributed by atoms with Gasteiger partial charge in [0.25, 0.3) is 0 Å². The summed E-state index contributed by atoms with van der Waals surface area (Å²) in [7, 11) is 0. The van der Waals surface area contributed by atoms with E-state index < -0.39 is 18.0 Å². The average molecular weight is 624 g/mol. The zero-order valence-corrected chi connectivity index (χ0v) is 21.0. The number of nitrogens with zero attached hydrogens (tertiary/aromatic N) is 1. The van der Waals surface area contributed by atoms with Gasteiger partial charge in [-0.25, -0.2) is 9.18 Å². The van der Waals surface area contributed by atoms with Crippen LogP contribution in [0.3, 0.4) is 0 Å². The Balaban J connectivity index is 1.83. The average Bonchev–Trinajstić information content (AvgIpc) is 3.01. The molecular formula is C19H15Br3FN3O3S. The molecule has 30 heavy (non-hydrogen) atoms. The molecule has 1 aliphatic rings. The molecule has 2 aromatic carbocycles. The molecule has 6 nitrogen and oxygen atoms in total. The molecule has 1 heterocycles. The summed E-state index contributed by atoms with van der Waals surface area (Å²) in [6.07, 6.45) is -0.951. The first-order valence-corrected chi connectivity index (χ1v) is 11.4. The standard InChI is InChI=1S/C19H15Br3FN3O3S/c1-9(30)24-7-12-8-26(19(28)29-12)11-2-3-16(15(23)6-11)25-17-13(21)4-10(20)5-14(22)18(17)27/h2-6,12H,7-8H2,1H3,(H,24,30)(H,25,27)/t12-/m0/s1. The Hall–Kier alpha value is -1.56. The molecule has 1 fully saturated rings. The number of hydrogen-bond acceptors (Lipinski definition) is 5. The zero-order chi connectivity index (χ0) is 22.0. The maximum absolute atomic E-state index is 14.8. The molecular weight excluding hydrogens is 609 g/mol. The highest BCUT2D eigenvalue weighted by molar-refractivity contribution is 9.11. The fourth-order valence-corrected chi connectivity index (χ4v) is 4.90. The van der Waals surface area contributed by atoms with Gasteiger partial charge >= 0.3 is 6.09 Å². The molecule has 158 valence electrons. The van der Waals surface area contributed by atoms with Crippen LogP contribution in [0.4, 0.5) is 26.2 Å². The van der Waals surface area contributed by atoms with Crippen LogP contribution in [0.1, 0.15) is 6.92 Å². The Kier molecular flexibility index (Phi) is 7.48. The van der Waals surface area contributed by atoms with Gasteiger partial charge in [0.05, 0.1) is 33.9 Å². The second-order valence-electron chi connectivity index (χ2n) is 6.42. The van der Waals surface area contributed by atoms with Crippen LogP contribution in [0.15, 0.2) is 48.5 Å². The lowest BCUT2D eigenvalue weighted by Crippen LogP contribution is -2.32. The van der Waals surface area contributed by atoms with Gasteiger partial charge in [-0.05, 0) is 69.1 Å². The molecule has 1 amide bonds. The Morgan fingerprint density at radius 2 is 1.93 bits per heavy atom. The lowest BCUT2D eigenvalue weighted by Gasteiger charge is -2.15. The van der Waals surface area contributed by atoms with E-state index in [1.165, 1.54) is 17.0 Å². The normalized spacial score (nSPS) is 15.7. The first-order valence-electron chi connectivity index (χ1n) is 8.63. The Morgan fingerprint density at radius 1 is 1.23 bits per heavy atom. The topological polar surface area (TPSA) is 70.7 Å². The van der Waals surface area contributed by atoms with Crippen molar-refractivity contribution in [2.75, 3.05) is 23.3 Å². The van der Waals surface area contributed by atoms with Crippen LogP contribution in [-0.4, -0.2) is 30.3 Å². The predicted molar refractivity (Wildman–Crippen MR) is 129 cm³/mol. The van der Waals surface area contributed by atoms with E-state index in [2.05, 4.69) is 58.4 Å². The minimum absolute atomic E-state index is 0.0906. The SMILES string of the molecule is CC(=S)NC[C@H]1CN(c2ccc(Nc3c(Br)cc(Br)cc(Br)c3=O)c(F)c2)C(=O)O1. The van der Waals surface area contributed by atoms with Crippen LogP contribution in [0.5, 0.6) is 0 Å². The van der Waals surface area contributed by atoms with Gasteiger partial charge < -0.3 is 15.4 Å². The van der Waals surface area contributed by atoms with Gasteiger partial charge in [-0.3, -0.25) is 9.69 Å². The summed E-state index contributed by atoms with van der Waals surface area (Å²) < 4.78 is 21.5. The summed E-state index contributed by atoms with van der Waals surface area (Å²) in [5.74, 6) is -0.621. The summed E-state index contributed by atoms with van der Waals surface area (Å²) in [5, 5.41) is 5.77. The number of thiocarbonyl (C=S) groups is 1. The van der Waals surface area contributed by atoms with E-state index in [9.17, 15) is 14.0 Å². The van der Waals surface area contributed by atoms with Crippen molar-refractivity contribution in [2.24, 2.45) is 0 Å². The molecule has 0 radical (unpaired) electrons. The number of ether oxygens (including phenoxy) is 1. The third-order valence-corrected chi connectivity index (χ3v) is 6.01. The van der Waals surface area contributed by atoms with Gasteiger partial charge in [-0.15, -0.1) is 0 Å². The van der Waals surface area contributed by atoms with Crippen molar-refractivity contribution in [3.05, 3.63) is 59.8 Å². The highest BCUT2D eigenvalue weighted by Crippen LogP contribution is 2.30. The minimum Gasteiger partial charge on any atom is -0.442 e. The largest absolute Gasteiger partial charge is 0.442 e. The number of carbonyl (C=O) groups excluding carboxylic acids is 1. The Labute approximate surface area is 202 Å². The fraction of sp³-hybridized carbons (Fsp3) is 0.211. The zero-order valence-electron chi connectivity index (χ0n) is 15.5. The smallest absolute Gasteiger partial charge is 0.414 e. The van der Waals surface area contributed by atoms with Gasteiger partial charge in [-0.2, -0.15) is 0 Å². The lowest BCUT2D eigenvalue weighted by atomic mass is 10.2. The third kappa shape index (κ3) is 5.37. The van der Waals surface area contributed by atoms with Crippen molar-refractivity contribution in [1.29, 1.82) is 0 Å². The Morgan fingerprint density at radius 3 is 2.60 bits per heavy atom. The molecule has 0 saturated carbocycles. The van der Waals surface area contributed by atoms with E-state index in [1.807, 2.05) is 0 Å². The van der Waals surface area contributed by atoms with E-state index >= 15 is 0 Å². The lowest BCUT2D eigenvalue weighted by molar-refractivity contribution is 0.143. The van der Waals surface area contributed by atoms with Crippen LogP contribution in [-0.2, 0) is 4.74 Å². The van der Waals surface area contributed by atoms with Gasteiger partial charge in [0.15, 0.2) is 0 Å². The van der Waals surface area contributed by atoms with Crippen molar-refractivity contribution in [2.45, 2.75) is 13.0 Å². The summed E-state index contributed by atoms with van der Waals surface area (Å²) >= 11 is 14.8. The van der Waals surface area contributed by atoms with Crippen LogP contribution in [0.25, 0.3) is 0 Å². The Bertz CT molecular complexity index is 1090. The first-order chi connectivity index (χ1) is 14.2. The molecule has 0 aromatic heterocycles. The summed E-state index contributed by atoms with van der Waals surface area (Å²) in [6, 6.07) is 7.55. The molecule has 1 aliphatic heterocycles. The second kappa shape index (κ2) is 9.71. The first kappa shape index (κ1) is 23.1. The van der Waals surface area contributed by atoms with Crippen molar-refractivity contribution in [3.63, 3.8) is 0 Å². The maximum atomic E-state index is 14.8. The fourth-order valence-electron chi connectivity index (χ4n) is 2.77. The number of cyclic esters (lactones) is 1. The number of carbonyl (C=O) groups is 1. The molecule has 2 aromatic rings. The van der Waals surface area contributed by atoms with E-state index in [-0.39, 0.29) is 23.3 Å². The van der Waals surface area contributed by atoms with E-state index in [0.29, 0.717) is 30.6 Å². The number of benzene rings is 1. The van der Waals surface area contributed by atoms with Crippen molar-refractivity contribution < 1.29 is 13.9 Å². The number of amides is 1. The number of rotatable bonds is 5. The van der Waals surface area contributed by atoms with Crippen LogP contribution in [0, 0.1) is 5.82 Å². The predicted octanol–water partition coefficient (Wildman–Crippen LogP) is 5.48. The number of anilines is 3. The molecule has 3 rings (SSSR count). The van der Waals surface area contributed by atoms with Crippen LogP contribution < -0.4 is 21.0 Å². The van der Waals surface area contributed by atoms with Gasteiger partial charge in [0.2, 0.25) is 5.43 Å². The molecule has 1 saturated heterocycles. The molecule has 0 spiro atoms. The van der Waals surface area contributed by atoms with Gasteiger partial charge in [0.1, 0.15) is 17.6 Å². The van der Waals surface area contributed by atoms with Crippen LogP contribution in [0.2, 0.25) is 0 Å². The number of halogens is 4. The molecule has 0 aliphatic carbocycles. The van der Waals surface area contributed by atoms with Crippen molar-refractivity contribution in [3.8, 4) is 0 Å². The summed E-state index contributed by atoms with van der Waals surface area (Å²) in [5.41, 5.74) is 0.270. The molecule has 0 bridgehead atoms. The van der Waals surface area contributed by atoms with E-state index in [0.717, 1.165) is 0 Å². The molecule has 2 N–H and O–H groups in total. The van der Waals surface area contributed by atoms with E-state index in [1.54, 1.807) is 25.1 Å². The maximum Gasteiger partial charge on any atom is 0.414 e. The molecule has 11 heteroatoms. The third-order valence-electron chi connectivity index (χ3n) is 4.19. The quantitative estimate of drug-likeness (QED) is 0.430. The minimum atomic E-state index is -0.621. The van der Waals surface area contributed by atoms with Gasteiger partial charge in [0, 0.05) is 8.95 Å². The van der Waals surface area contributed by atoms with Crippen LogP contribution >= 0.6 is 60.0 Å². The summed E-state index contributed by atoms with van der Waals surface area (Å²) in [6.45, 7) is 2.39.